The zero-order chi connectivity index (χ0) is 13.0. The zero-order valence-electron chi connectivity index (χ0n) is 11.2. The lowest BCUT2D eigenvalue weighted by molar-refractivity contribution is 0.00578. The Hall–Kier alpha value is -1.20. The lowest BCUT2D eigenvalue weighted by atomic mass is 9.67. The van der Waals surface area contributed by atoms with Crippen molar-refractivity contribution in [3.8, 4) is 0 Å². The number of rotatable bonds is 1. The standard InChI is InChI=1S/C13H17BN2O2/c1-12(2)13(3,4)18-14(17-12)10-6-8-16-11-9(10)5-7-15-11/h5-8,10H,1-4H3/t10-/m0/s1. The van der Waals surface area contributed by atoms with E-state index in [2.05, 4.69) is 37.7 Å². The minimum absolute atomic E-state index is 0.0704. The summed E-state index contributed by atoms with van der Waals surface area (Å²) in [6.45, 7) is 8.25. The lowest BCUT2D eigenvalue weighted by Gasteiger charge is -2.32. The largest absolute Gasteiger partial charge is 0.470 e. The summed E-state index contributed by atoms with van der Waals surface area (Å²) >= 11 is 0. The summed E-state index contributed by atoms with van der Waals surface area (Å²) < 4.78 is 12.2. The van der Waals surface area contributed by atoms with Crippen LogP contribution in [0, 0.1) is 0 Å². The van der Waals surface area contributed by atoms with Crippen LogP contribution in [0.2, 0.25) is 5.82 Å². The molecule has 0 radical (unpaired) electrons. The highest BCUT2D eigenvalue weighted by Crippen LogP contribution is 2.43. The Kier molecular flexibility index (Phi) is 2.41. The van der Waals surface area contributed by atoms with Gasteiger partial charge in [-0.25, -0.2) is 9.98 Å². The molecule has 0 aromatic rings. The van der Waals surface area contributed by atoms with E-state index in [1.54, 1.807) is 12.4 Å². The Morgan fingerprint density at radius 1 is 1.17 bits per heavy atom. The monoisotopic (exact) mass is 244 g/mol. The third kappa shape index (κ3) is 1.61. The Morgan fingerprint density at radius 2 is 1.83 bits per heavy atom. The zero-order valence-corrected chi connectivity index (χ0v) is 11.2. The molecule has 0 unspecified atom stereocenters. The quantitative estimate of drug-likeness (QED) is 0.664. The van der Waals surface area contributed by atoms with Crippen molar-refractivity contribution in [3.05, 3.63) is 23.9 Å². The van der Waals surface area contributed by atoms with E-state index < -0.39 is 0 Å². The van der Waals surface area contributed by atoms with Crippen molar-refractivity contribution in [1.29, 1.82) is 0 Å². The molecule has 3 aliphatic heterocycles. The minimum atomic E-state index is -0.305. The van der Waals surface area contributed by atoms with E-state index in [0.717, 1.165) is 11.4 Å². The van der Waals surface area contributed by atoms with Crippen molar-refractivity contribution in [1.82, 2.24) is 0 Å². The van der Waals surface area contributed by atoms with Crippen LogP contribution in [-0.2, 0) is 9.31 Å². The van der Waals surface area contributed by atoms with E-state index in [-0.39, 0.29) is 24.1 Å². The SMILES string of the molecule is CC1(C)OB([C@H]2C=CN=C3N=CC=C32)OC1(C)C. The second kappa shape index (κ2) is 3.65. The Bertz CT molecular complexity index is 487. The first-order valence-electron chi connectivity index (χ1n) is 6.25. The first-order chi connectivity index (χ1) is 8.41. The third-order valence-electron chi connectivity index (χ3n) is 4.12. The maximum atomic E-state index is 6.09. The van der Waals surface area contributed by atoms with Gasteiger partial charge in [0.25, 0.3) is 0 Å². The molecular weight excluding hydrogens is 227 g/mol. The highest BCUT2D eigenvalue weighted by molar-refractivity contribution is 6.51. The van der Waals surface area contributed by atoms with Crippen LogP contribution in [0.3, 0.4) is 0 Å². The normalized spacial score (nSPS) is 31.3. The molecule has 0 aromatic carbocycles. The molecule has 1 fully saturated rings. The fraction of sp³-hybridized carbons (Fsp3) is 0.538. The molecule has 3 aliphatic rings. The van der Waals surface area contributed by atoms with Gasteiger partial charge in [0.1, 0.15) is 0 Å². The summed E-state index contributed by atoms with van der Waals surface area (Å²) in [5, 5.41) is 0. The third-order valence-corrected chi connectivity index (χ3v) is 4.12. The molecule has 1 atom stereocenters. The minimum Gasteiger partial charge on any atom is -0.403 e. The second-order valence-corrected chi connectivity index (χ2v) is 5.84. The van der Waals surface area contributed by atoms with Gasteiger partial charge < -0.3 is 9.31 Å². The summed E-state index contributed by atoms with van der Waals surface area (Å²) in [4.78, 5) is 8.47. The summed E-state index contributed by atoms with van der Waals surface area (Å²) in [7, 11) is -0.273. The summed E-state index contributed by atoms with van der Waals surface area (Å²) in [6.07, 6.45) is 7.56. The average molecular weight is 244 g/mol. The molecular formula is C13H17BN2O2. The molecule has 18 heavy (non-hydrogen) atoms. The molecule has 0 bridgehead atoms. The first-order valence-corrected chi connectivity index (χ1v) is 6.25. The van der Waals surface area contributed by atoms with Crippen LogP contribution >= 0.6 is 0 Å². The molecule has 4 nitrogen and oxygen atoms in total. The highest BCUT2D eigenvalue weighted by Gasteiger charge is 2.54. The first kappa shape index (κ1) is 11.9. The number of hydrogen-bond acceptors (Lipinski definition) is 4. The molecule has 0 aliphatic carbocycles. The van der Waals surface area contributed by atoms with Gasteiger partial charge in [0, 0.05) is 23.8 Å². The van der Waals surface area contributed by atoms with Crippen LogP contribution < -0.4 is 0 Å². The second-order valence-electron chi connectivity index (χ2n) is 5.84. The lowest BCUT2D eigenvalue weighted by Crippen LogP contribution is -2.41. The van der Waals surface area contributed by atoms with Crippen LogP contribution in [0.25, 0.3) is 0 Å². The predicted molar refractivity (Wildman–Crippen MR) is 73.0 cm³/mol. The summed E-state index contributed by atoms with van der Waals surface area (Å²) in [6, 6.07) is 0. The van der Waals surface area contributed by atoms with Crippen molar-refractivity contribution < 1.29 is 9.31 Å². The number of hydrogen-bond donors (Lipinski definition) is 0. The highest BCUT2D eigenvalue weighted by atomic mass is 16.7. The number of nitrogens with zero attached hydrogens (tertiary/aromatic N) is 2. The predicted octanol–water partition coefficient (Wildman–Crippen LogP) is 2.39. The van der Waals surface area contributed by atoms with Gasteiger partial charge in [0.15, 0.2) is 5.84 Å². The van der Waals surface area contributed by atoms with Gasteiger partial charge in [-0.05, 0) is 33.8 Å². The van der Waals surface area contributed by atoms with Gasteiger partial charge >= 0.3 is 7.12 Å². The van der Waals surface area contributed by atoms with E-state index in [4.69, 9.17) is 9.31 Å². The van der Waals surface area contributed by atoms with Crippen molar-refractivity contribution in [2.75, 3.05) is 0 Å². The van der Waals surface area contributed by atoms with Gasteiger partial charge in [0.2, 0.25) is 0 Å². The van der Waals surface area contributed by atoms with Crippen LogP contribution in [0.4, 0.5) is 0 Å². The number of allylic oxidation sites excluding steroid dienone is 2. The van der Waals surface area contributed by atoms with Crippen molar-refractivity contribution in [2.24, 2.45) is 9.98 Å². The van der Waals surface area contributed by atoms with Gasteiger partial charge in [-0.2, -0.15) is 0 Å². The fourth-order valence-corrected chi connectivity index (χ4v) is 2.29. The van der Waals surface area contributed by atoms with Gasteiger partial charge in [-0.15, -0.1) is 0 Å². The van der Waals surface area contributed by atoms with E-state index >= 15 is 0 Å². The summed E-state index contributed by atoms with van der Waals surface area (Å²) in [5.41, 5.74) is 0.469. The topological polar surface area (TPSA) is 43.2 Å². The van der Waals surface area contributed by atoms with E-state index in [1.165, 1.54) is 0 Å². The van der Waals surface area contributed by atoms with Crippen molar-refractivity contribution in [3.63, 3.8) is 0 Å². The molecule has 5 heteroatoms. The van der Waals surface area contributed by atoms with Gasteiger partial charge in [-0.1, -0.05) is 6.08 Å². The molecule has 3 rings (SSSR count). The number of fused-ring (bicyclic) bond motifs is 1. The van der Waals surface area contributed by atoms with Crippen molar-refractivity contribution in [2.45, 2.75) is 44.7 Å². The van der Waals surface area contributed by atoms with E-state index in [1.807, 2.05) is 12.2 Å². The fourth-order valence-electron chi connectivity index (χ4n) is 2.29. The summed E-state index contributed by atoms with van der Waals surface area (Å²) in [5.74, 6) is 0.846. The van der Waals surface area contributed by atoms with Gasteiger partial charge in [0.05, 0.1) is 11.2 Å². The van der Waals surface area contributed by atoms with E-state index in [0.29, 0.717) is 0 Å². The molecule has 0 aromatic heterocycles. The van der Waals surface area contributed by atoms with Crippen LogP contribution in [0.5, 0.6) is 0 Å². The Labute approximate surface area is 108 Å². The van der Waals surface area contributed by atoms with E-state index in [9.17, 15) is 0 Å². The molecule has 1 saturated heterocycles. The van der Waals surface area contributed by atoms with Crippen LogP contribution in [-0.4, -0.2) is 30.4 Å². The Balaban J connectivity index is 1.87. The average Bonchev–Trinajstić information content (AvgIpc) is 2.81. The molecule has 3 heterocycles. The number of aliphatic imine (C=N–C) groups is 2. The number of amidine groups is 1. The van der Waals surface area contributed by atoms with Crippen LogP contribution in [0.15, 0.2) is 33.9 Å². The molecule has 0 N–H and O–H groups in total. The van der Waals surface area contributed by atoms with Gasteiger partial charge in [-0.3, -0.25) is 0 Å². The Morgan fingerprint density at radius 3 is 2.50 bits per heavy atom. The molecule has 0 saturated carbocycles. The maximum Gasteiger partial charge on any atom is 0.470 e. The smallest absolute Gasteiger partial charge is 0.403 e. The molecule has 0 amide bonds. The molecule has 0 spiro atoms. The maximum absolute atomic E-state index is 6.09. The molecule has 94 valence electrons. The van der Waals surface area contributed by atoms with Crippen LogP contribution in [0.1, 0.15) is 27.7 Å². The van der Waals surface area contributed by atoms with Crippen molar-refractivity contribution >= 4 is 19.2 Å².